The Morgan fingerprint density at radius 2 is 2.00 bits per heavy atom. The van der Waals surface area contributed by atoms with Gasteiger partial charge in [0.05, 0.1) is 6.61 Å². The van der Waals surface area contributed by atoms with E-state index in [4.69, 9.17) is 4.74 Å². The van der Waals surface area contributed by atoms with Crippen LogP contribution in [0.4, 0.5) is 0 Å². The molecule has 0 aromatic heterocycles. The first-order chi connectivity index (χ1) is 8.34. The van der Waals surface area contributed by atoms with E-state index in [0.717, 1.165) is 0 Å². The summed E-state index contributed by atoms with van der Waals surface area (Å²) in [5.41, 5.74) is 0. The van der Waals surface area contributed by atoms with Crippen LogP contribution in [0.1, 0.15) is 19.8 Å². The van der Waals surface area contributed by atoms with E-state index in [-0.39, 0.29) is 5.76 Å². The summed E-state index contributed by atoms with van der Waals surface area (Å²) in [5.74, 6) is -0.453. The maximum Gasteiger partial charge on any atom is 0.377 e. The van der Waals surface area contributed by atoms with Crippen LogP contribution in [0.5, 0.6) is 0 Å². The second-order valence-corrected chi connectivity index (χ2v) is 3.16. The van der Waals surface area contributed by atoms with Gasteiger partial charge in [-0.2, -0.15) is 0 Å². The fourth-order valence-corrected chi connectivity index (χ4v) is 1.10. The Labute approximate surface area is 101 Å². The van der Waals surface area contributed by atoms with E-state index in [1.807, 2.05) is 0 Å². The lowest BCUT2D eigenvalue weighted by Gasteiger charge is -2.07. The molecule has 1 aliphatic carbocycles. The van der Waals surface area contributed by atoms with Crippen LogP contribution in [-0.2, 0) is 19.0 Å². The van der Waals surface area contributed by atoms with Gasteiger partial charge >= 0.3 is 5.97 Å². The Balaban J connectivity index is 0.000000202. The number of allylic oxidation sites excluding steroid dienone is 4. The van der Waals surface area contributed by atoms with E-state index in [9.17, 15) is 4.79 Å². The first kappa shape index (κ1) is 13.1. The lowest BCUT2D eigenvalue weighted by atomic mass is 10.2. The predicted octanol–water partition coefficient (Wildman–Crippen LogP) is 2.80. The quantitative estimate of drug-likeness (QED) is 0.691. The van der Waals surface area contributed by atoms with Gasteiger partial charge in [0.2, 0.25) is 5.76 Å². The van der Waals surface area contributed by atoms with Gasteiger partial charge in [-0.1, -0.05) is 24.3 Å². The molecule has 17 heavy (non-hydrogen) atoms. The van der Waals surface area contributed by atoms with Crippen molar-refractivity contribution in [3.8, 4) is 0 Å². The minimum Gasteiger partial charge on any atom is -0.465 e. The van der Waals surface area contributed by atoms with Crippen LogP contribution in [0.15, 0.2) is 48.8 Å². The second kappa shape index (κ2) is 8.21. The van der Waals surface area contributed by atoms with E-state index in [1.165, 1.54) is 31.6 Å². The lowest BCUT2D eigenvalue weighted by Crippen LogP contribution is -2.10. The summed E-state index contributed by atoms with van der Waals surface area (Å²) >= 11 is 0. The molecule has 0 unspecified atom stereocenters. The van der Waals surface area contributed by atoms with E-state index in [0.29, 0.717) is 6.61 Å². The molecule has 4 heteroatoms. The summed E-state index contributed by atoms with van der Waals surface area (Å²) in [6.45, 7) is 2.04. The van der Waals surface area contributed by atoms with Crippen LogP contribution in [0, 0.1) is 0 Å². The van der Waals surface area contributed by atoms with E-state index < -0.39 is 5.97 Å². The Kier molecular flexibility index (Phi) is 6.33. The molecule has 1 aliphatic heterocycles. The molecule has 4 nitrogen and oxygen atoms in total. The number of ether oxygens (including phenoxy) is 3. The smallest absolute Gasteiger partial charge is 0.377 e. The summed E-state index contributed by atoms with van der Waals surface area (Å²) in [6, 6.07) is 0. The zero-order chi connectivity index (χ0) is 12.3. The summed E-state index contributed by atoms with van der Waals surface area (Å²) in [7, 11) is 0. The monoisotopic (exact) mass is 236 g/mol. The number of carbonyl (C=O) groups excluding carboxylic acids is 1. The SMILES string of the molecule is C1=CCCC=C1.CCOC(=O)C1=COC=CO1. The third kappa shape index (κ3) is 5.61. The second-order valence-electron chi connectivity index (χ2n) is 3.16. The number of carbonyl (C=O) groups is 1. The van der Waals surface area contributed by atoms with Gasteiger partial charge in [0.15, 0.2) is 0 Å². The van der Waals surface area contributed by atoms with Crippen molar-refractivity contribution >= 4 is 5.97 Å². The largest absolute Gasteiger partial charge is 0.465 e. The van der Waals surface area contributed by atoms with Crippen molar-refractivity contribution in [3.63, 3.8) is 0 Å². The summed E-state index contributed by atoms with van der Waals surface area (Å²) in [4.78, 5) is 10.9. The number of hydrogen-bond donors (Lipinski definition) is 0. The van der Waals surface area contributed by atoms with Crippen LogP contribution in [0.3, 0.4) is 0 Å². The van der Waals surface area contributed by atoms with Gasteiger partial charge in [-0.05, 0) is 19.8 Å². The molecule has 92 valence electrons. The van der Waals surface area contributed by atoms with Crippen molar-refractivity contribution in [1.29, 1.82) is 0 Å². The van der Waals surface area contributed by atoms with Crippen molar-refractivity contribution in [1.82, 2.24) is 0 Å². The molecule has 0 spiro atoms. The van der Waals surface area contributed by atoms with E-state index in [1.54, 1.807) is 6.92 Å². The topological polar surface area (TPSA) is 44.8 Å². The molecule has 0 bridgehead atoms. The summed E-state index contributed by atoms with van der Waals surface area (Å²) in [6.07, 6.45) is 14.8. The first-order valence-corrected chi connectivity index (χ1v) is 5.50. The minimum absolute atomic E-state index is 0.0642. The summed E-state index contributed by atoms with van der Waals surface area (Å²) < 4.78 is 14.1. The van der Waals surface area contributed by atoms with Gasteiger partial charge in [0.1, 0.15) is 18.8 Å². The average Bonchev–Trinajstić information content (AvgIpc) is 2.43. The average molecular weight is 236 g/mol. The van der Waals surface area contributed by atoms with Crippen molar-refractivity contribution in [3.05, 3.63) is 48.8 Å². The summed E-state index contributed by atoms with van der Waals surface area (Å²) in [5, 5.41) is 0. The third-order valence-electron chi connectivity index (χ3n) is 1.86. The van der Waals surface area contributed by atoms with Crippen LogP contribution < -0.4 is 0 Å². The van der Waals surface area contributed by atoms with E-state index in [2.05, 4.69) is 33.8 Å². The highest BCUT2D eigenvalue weighted by Gasteiger charge is 2.13. The number of esters is 1. The van der Waals surface area contributed by atoms with Gasteiger partial charge in [-0.15, -0.1) is 0 Å². The predicted molar refractivity (Wildman–Crippen MR) is 63.5 cm³/mol. The van der Waals surface area contributed by atoms with Crippen molar-refractivity contribution in [2.75, 3.05) is 6.61 Å². The lowest BCUT2D eigenvalue weighted by molar-refractivity contribution is -0.142. The molecule has 2 rings (SSSR count). The fourth-order valence-electron chi connectivity index (χ4n) is 1.10. The zero-order valence-electron chi connectivity index (χ0n) is 9.80. The maximum absolute atomic E-state index is 10.9. The number of hydrogen-bond acceptors (Lipinski definition) is 4. The Morgan fingerprint density at radius 3 is 2.41 bits per heavy atom. The molecule has 0 saturated carbocycles. The molecule has 0 aromatic rings. The molecule has 0 amide bonds. The Bertz CT molecular complexity index is 338. The Hall–Kier alpha value is -1.97. The van der Waals surface area contributed by atoms with Crippen molar-refractivity contribution < 1.29 is 19.0 Å². The van der Waals surface area contributed by atoms with Gasteiger partial charge in [0, 0.05) is 0 Å². The highest BCUT2D eigenvalue weighted by atomic mass is 16.6. The van der Waals surface area contributed by atoms with Crippen molar-refractivity contribution in [2.45, 2.75) is 19.8 Å². The van der Waals surface area contributed by atoms with Crippen LogP contribution in [0.25, 0.3) is 0 Å². The van der Waals surface area contributed by atoms with Crippen LogP contribution in [-0.4, -0.2) is 12.6 Å². The number of rotatable bonds is 2. The molecular weight excluding hydrogens is 220 g/mol. The minimum atomic E-state index is -0.517. The van der Waals surface area contributed by atoms with Gasteiger partial charge in [-0.25, -0.2) is 4.79 Å². The molecule has 0 N–H and O–H groups in total. The maximum atomic E-state index is 10.9. The highest BCUT2D eigenvalue weighted by molar-refractivity contribution is 5.86. The van der Waals surface area contributed by atoms with Gasteiger partial charge in [-0.3, -0.25) is 0 Å². The molecule has 0 radical (unpaired) electrons. The molecule has 0 atom stereocenters. The highest BCUT2D eigenvalue weighted by Crippen LogP contribution is 2.06. The zero-order valence-corrected chi connectivity index (χ0v) is 9.80. The Morgan fingerprint density at radius 1 is 1.29 bits per heavy atom. The van der Waals surface area contributed by atoms with Crippen LogP contribution in [0.2, 0.25) is 0 Å². The van der Waals surface area contributed by atoms with Gasteiger partial charge in [0.25, 0.3) is 0 Å². The first-order valence-electron chi connectivity index (χ1n) is 5.50. The normalized spacial score (nSPS) is 15.9. The van der Waals surface area contributed by atoms with Gasteiger partial charge < -0.3 is 14.2 Å². The van der Waals surface area contributed by atoms with E-state index >= 15 is 0 Å². The third-order valence-corrected chi connectivity index (χ3v) is 1.86. The fraction of sp³-hybridized carbons (Fsp3) is 0.308. The van der Waals surface area contributed by atoms with Crippen molar-refractivity contribution in [2.24, 2.45) is 0 Å². The molecular formula is C13H16O4. The molecule has 1 heterocycles. The standard InChI is InChI=1S/C7H8O4.C6H8/c1-2-10-7(8)6-5-9-3-4-11-6;1-2-4-6-5-3-1/h3-5H,2H2,1H3;1-4H,5-6H2. The van der Waals surface area contributed by atoms with Crippen LogP contribution >= 0.6 is 0 Å². The molecule has 0 saturated heterocycles. The molecule has 2 aliphatic rings. The molecule has 0 fully saturated rings. The molecule has 0 aromatic carbocycles.